The van der Waals surface area contributed by atoms with Crippen LogP contribution in [0.15, 0.2) is 58.1 Å². The van der Waals surface area contributed by atoms with E-state index in [0.717, 1.165) is 11.1 Å². The number of aromatic amines is 2. The first-order chi connectivity index (χ1) is 8.77. The van der Waals surface area contributed by atoms with E-state index in [9.17, 15) is 9.59 Å². The maximum Gasteiger partial charge on any atom is 0.271 e. The number of aromatic nitrogens is 2. The molecule has 2 N–H and O–H groups in total. The van der Waals surface area contributed by atoms with Crippen LogP contribution in [0.25, 0.3) is 21.9 Å². The maximum absolute atomic E-state index is 11.9. The van der Waals surface area contributed by atoms with E-state index in [1.807, 2.05) is 36.4 Å². The molecule has 4 nitrogen and oxygen atoms in total. The van der Waals surface area contributed by atoms with E-state index >= 15 is 0 Å². The van der Waals surface area contributed by atoms with E-state index < -0.39 is 0 Å². The summed E-state index contributed by atoms with van der Waals surface area (Å²) >= 11 is 0. The van der Waals surface area contributed by atoms with Crippen molar-refractivity contribution in [2.75, 3.05) is 0 Å². The summed E-state index contributed by atoms with van der Waals surface area (Å²) in [6, 6.07) is 14.8. The Morgan fingerprint density at radius 3 is 2.22 bits per heavy atom. The molecule has 0 saturated carbocycles. The van der Waals surface area contributed by atoms with Gasteiger partial charge < -0.3 is 0 Å². The summed E-state index contributed by atoms with van der Waals surface area (Å²) in [5, 5.41) is 5.51. The number of fused-ring (bicyclic) bond motifs is 1. The lowest BCUT2D eigenvalue weighted by Gasteiger charge is -2.04. The molecule has 0 spiro atoms. The molecule has 0 fully saturated rings. The SMILES string of the molecule is O=c1[nH][nH]c(=O)c2c(-c3ccccc3)cccc12. The number of hydrogen-bond acceptors (Lipinski definition) is 2. The zero-order valence-corrected chi connectivity index (χ0v) is 9.44. The summed E-state index contributed by atoms with van der Waals surface area (Å²) in [7, 11) is 0. The highest BCUT2D eigenvalue weighted by molar-refractivity contribution is 5.95. The molecule has 0 atom stereocenters. The van der Waals surface area contributed by atoms with Crippen molar-refractivity contribution in [1.29, 1.82) is 0 Å². The topological polar surface area (TPSA) is 65.7 Å². The molecule has 0 radical (unpaired) electrons. The van der Waals surface area contributed by atoms with Crippen molar-refractivity contribution >= 4 is 10.8 Å². The lowest BCUT2D eigenvalue weighted by atomic mass is 10.0. The monoisotopic (exact) mass is 238 g/mol. The molecule has 0 aliphatic heterocycles. The molecule has 0 aliphatic rings. The summed E-state index contributed by atoms with van der Waals surface area (Å²) in [6.07, 6.45) is 0. The number of benzene rings is 2. The van der Waals surface area contributed by atoms with E-state index in [4.69, 9.17) is 0 Å². The lowest BCUT2D eigenvalue weighted by molar-refractivity contribution is 0.977. The second-order valence-electron chi connectivity index (χ2n) is 4.00. The van der Waals surface area contributed by atoms with Gasteiger partial charge in [0.15, 0.2) is 0 Å². The Morgan fingerprint density at radius 2 is 1.44 bits per heavy atom. The number of H-pyrrole nitrogens is 2. The summed E-state index contributed by atoms with van der Waals surface area (Å²) in [5.74, 6) is 0. The minimum atomic E-state index is -0.289. The highest BCUT2D eigenvalue weighted by Gasteiger charge is 2.08. The highest BCUT2D eigenvalue weighted by atomic mass is 16.1. The van der Waals surface area contributed by atoms with Gasteiger partial charge in [0.25, 0.3) is 11.1 Å². The lowest BCUT2D eigenvalue weighted by Crippen LogP contribution is -2.19. The number of hydrogen-bond donors (Lipinski definition) is 2. The van der Waals surface area contributed by atoms with Crippen molar-refractivity contribution in [3.05, 3.63) is 69.2 Å². The van der Waals surface area contributed by atoms with Crippen molar-refractivity contribution < 1.29 is 0 Å². The fraction of sp³-hybridized carbons (Fsp3) is 0. The maximum atomic E-state index is 11.9. The quantitative estimate of drug-likeness (QED) is 0.679. The molecule has 0 bridgehead atoms. The predicted octanol–water partition coefficient (Wildman–Crippen LogP) is 1.88. The van der Waals surface area contributed by atoms with Gasteiger partial charge in [0.1, 0.15) is 0 Å². The van der Waals surface area contributed by atoms with Crippen LogP contribution in [0.2, 0.25) is 0 Å². The normalized spacial score (nSPS) is 10.7. The van der Waals surface area contributed by atoms with Gasteiger partial charge in [-0.25, -0.2) is 0 Å². The van der Waals surface area contributed by atoms with E-state index in [0.29, 0.717) is 10.8 Å². The van der Waals surface area contributed by atoms with Gasteiger partial charge in [0.2, 0.25) is 0 Å². The third kappa shape index (κ3) is 1.55. The molecule has 1 heterocycles. The van der Waals surface area contributed by atoms with Crippen LogP contribution in [-0.2, 0) is 0 Å². The minimum absolute atomic E-state index is 0.288. The Morgan fingerprint density at radius 1 is 0.722 bits per heavy atom. The smallest absolute Gasteiger partial charge is 0.267 e. The Balaban J connectivity index is 2.49. The third-order valence-electron chi connectivity index (χ3n) is 2.91. The molecule has 0 aliphatic carbocycles. The van der Waals surface area contributed by atoms with Crippen molar-refractivity contribution in [3.63, 3.8) is 0 Å². The Labute approximate surface area is 102 Å². The van der Waals surface area contributed by atoms with Gasteiger partial charge in [-0.05, 0) is 17.2 Å². The first-order valence-corrected chi connectivity index (χ1v) is 5.56. The molecule has 0 unspecified atom stereocenters. The largest absolute Gasteiger partial charge is 0.271 e. The second kappa shape index (κ2) is 4.00. The highest BCUT2D eigenvalue weighted by Crippen LogP contribution is 2.23. The second-order valence-corrected chi connectivity index (χ2v) is 4.00. The van der Waals surface area contributed by atoms with Crippen LogP contribution in [0.1, 0.15) is 0 Å². The van der Waals surface area contributed by atoms with Gasteiger partial charge in [-0.1, -0.05) is 42.5 Å². The molecule has 0 amide bonds. The van der Waals surface area contributed by atoms with Crippen molar-refractivity contribution in [1.82, 2.24) is 10.2 Å². The van der Waals surface area contributed by atoms with Gasteiger partial charge >= 0.3 is 0 Å². The first-order valence-electron chi connectivity index (χ1n) is 5.56. The van der Waals surface area contributed by atoms with Crippen molar-refractivity contribution in [2.45, 2.75) is 0 Å². The molecule has 18 heavy (non-hydrogen) atoms. The standard InChI is InChI=1S/C14H10N2O2/c17-13-11-8-4-7-10(9-5-2-1-3-6-9)12(11)14(18)16-15-13/h1-8H,(H,15,17)(H,16,18). The average Bonchev–Trinajstić information content (AvgIpc) is 2.43. The van der Waals surface area contributed by atoms with Crippen molar-refractivity contribution in [3.8, 4) is 11.1 Å². The number of nitrogens with one attached hydrogen (secondary N) is 2. The van der Waals surface area contributed by atoms with Gasteiger partial charge in [0, 0.05) is 0 Å². The Kier molecular flexibility index (Phi) is 2.34. The van der Waals surface area contributed by atoms with Crippen LogP contribution in [0, 0.1) is 0 Å². The average molecular weight is 238 g/mol. The Hall–Kier alpha value is -2.62. The van der Waals surface area contributed by atoms with Gasteiger partial charge in [-0.3, -0.25) is 19.8 Å². The molecular weight excluding hydrogens is 228 g/mol. The molecule has 0 saturated heterocycles. The van der Waals surface area contributed by atoms with E-state index in [1.165, 1.54) is 0 Å². The first kappa shape index (κ1) is 10.5. The van der Waals surface area contributed by atoms with Crippen LogP contribution in [0.5, 0.6) is 0 Å². The molecule has 88 valence electrons. The molecule has 1 aromatic heterocycles. The summed E-state index contributed by atoms with van der Waals surface area (Å²) < 4.78 is 0. The fourth-order valence-corrected chi connectivity index (χ4v) is 2.09. The van der Waals surface area contributed by atoms with Gasteiger partial charge in [0.05, 0.1) is 10.8 Å². The van der Waals surface area contributed by atoms with Gasteiger partial charge in [-0.2, -0.15) is 0 Å². The summed E-state index contributed by atoms with van der Waals surface area (Å²) in [5.41, 5.74) is 1.10. The zero-order chi connectivity index (χ0) is 12.5. The number of rotatable bonds is 1. The van der Waals surface area contributed by atoms with E-state index in [-0.39, 0.29) is 11.1 Å². The molecular formula is C14H10N2O2. The summed E-state index contributed by atoms with van der Waals surface area (Å²) in [6.45, 7) is 0. The van der Waals surface area contributed by atoms with Crippen LogP contribution in [-0.4, -0.2) is 10.2 Å². The minimum Gasteiger partial charge on any atom is -0.267 e. The predicted molar refractivity (Wildman–Crippen MR) is 70.6 cm³/mol. The van der Waals surface area contributed by atoms with E-state index in [1.54, 1.807) is 12.1 Å². The fourth-order valence-electron chi connectivity index (χ4n) is 2.09. The molecule has 3 aromatic rings. The molecule has 3 rings (SSSR count). The van der Waals surface area contributed by atoms with Gasteiger partial charge in [-0.15, -0.1) is 0 Å². The summed E-state index contributed by atoms with van der Waals surface area (Å²) in [4.78, 5) is 23.6. The zero-order valence-electron chi connectivity index (χ0n) is 9.44. The molecule has 4 heteroatoms. The van der Waals surface area contributed by atoms with Crippen LogP contribution in [0.3, 0.4) is 0 Å². The van der Waals surface area contributed by atoms with Crippen molar-refractivity contribution in [2.24, 2.45) is 0 Å². The van der Waals surface area contributed by atoms with Crippen LogP contribution < -0.4 is 11.1 Å². The Bertz CT molecular complexity index is 816. The van der Waals surface area contributed by atoms with Crippen LogP contribution >= 0.6 is 0 Å². The molecule has 2 aromatic carbocycles. The van der Waals surface area contributed by atoms with Crippen LogP contribution in [0.4, 0.5) is 0 Å². The third-order valence-corrected chi connectivity index (χ3v) is 2.91. The van der Waals surface area contributed by atoms with E-state index in [2.05, 4.69) is 10.2 Å².